The van der Waals surface area contributed by atoms with Crippen LogP contribution in [0.15, 0.2) is 30.3 Å². The molecule has 0 saturated carbocycles. The van der Waals surface area contributed by atoms with E-state index in [9.17, 15) is 45.6 Å². The first-order valence-corrected chi connectivity index (χ1v) is 14.0. The Morgan fingerprint density at radius 3 is 2.00 bits per heavy atom. The number of ether oxygens (including phenoxy) is 6. The molecule has 0 radical (unpaired) electrons. The predicted molar refractivity (Wildman–Crippen MR) is 140 cm³/mol. The van der Waals surface area contributed by atoms with Crippen molar-refractivity contribution in [2.24, 2.45) is 0 Å². The number of hydrogen-bond donors (Lipinski definition) is 9. The van der Waals surface area contributed by atoms with Crippen LogP contribution in [0.3, 0.4) is 0 Å². The Balaban J connectivity index is 1.56. The van der Waals surface area contributed by atoms with Crippen molar-refractivity contribution in [3.8, 4) is 0 Å². The van der Waals surface area contributed by atoms with Crippen molar-refractivity contribution >= 4 is 5.91 Å². The number of carbonyl (C=O) groups excluding carboxylic acids is 1. The molecular weight excluding hydrogens is 578 g/mol. The van der Waals surface area contributed by atoms with Crippen molar-refractivity contribution in [2.45, 2.75) is 113 Å². The van der Waals surface area contributed by atoms with E-state index in [1.165, 1.54) is 13.8 Å². The lowest BCUT2D eigenvalue weighted by atomic mass is 9.95. The minimum atomic E-state index is -1.81. The second-order valence-electron chi connectivity index (χ2n) is 10.8. The van der Waals surface area contributed by atoms with E-state index in [0.29, 0.717) is 0 Å². The molecule has 244 valence electrons. The van der Waals surface area contributed by atoms with Gasteiger partial charge in [0.1, 0.15) is 67.1 Å². The van der Waals surface area contributed by atoms with Gasteiger partial charge in [-0.25, -0.2) is 0 Å². The van der Waals surface area contributed by atoms with Crippen molar-refractivity contribution in [1.29, 1.82) is 0 Å². The van der Waals surface area contributed by atoms with Crippen LogP contribution in [-0.4, -0.2) is 152 Å². The second-order valence-corrected chi connectivity index (χ2v) is 10.8. The van der Waals surface area contributed by atoms with Gasteiger partial charge in [0.25, 0.3) is 0 Å². The van der Waals surface area contributed by atoms with Gasteiger partial charge < -0.3 is 74.6 Å². The van der Waals surface area contributed by atoms with E-state index in [-0.39, 0.29) is 6.61 Å². The number of amides is 1. The van der Waals surface area contributed by atoms with Crippen molar-refractivity contribution in [1.82, 2.24) is 5.32 Å². The topological polar surface area (TPSA) is 246 Å². The minimum absolute atomic E-state index is 0.0462. The zero-order valence-electron chi connectivity index (χ0n) is 23.6. The van der Waals surface area contributed by atoms with Crippen LogP contribution in [0.5, 0.6) is 0 Å². The number of hydrogen-bond acceptors (Lipinski definition) is 15. The molecule has 3 saturated heterocycles. The van der Waals surface area contributed by atoms with Crippen molar-refractivity contribution in [2.75, 3.05) is 13.2 Å². The SMILES string of the molecule is CC(=O)N[C@H]1[C@H](OCc2ccccc2)O[C@H](CO)[C@@H](O[C@@H]2O[C@H](CO)[C@H](O)[C@H](O)[C@H]2O[C@@H]2O[C@@H](C)[C@@H](O)[C@@H](O)[C@@H]2O)[C@@H]1O. The van der Waals surface area contributed by atoms with E-state index in [2.05, 4.69) is 5.32 Å². The summed E-state index contributed by atoms with van der Waals surface area (Å²) in [5.74, 6) is -0.533. The molecule has 4 rings (SSSR count). The Hall–Kier alpha value is -1.87. The number of carbonyl (C=O) groups is 1. The van der Waals surface area contributed by atoms with Crippen LogP contribution in [0.2, 0.25) is 0 Å². The molecule has 3 heterocycles. The molecule has 3 aliphatic heterocycles. The highest BCUT2D eigenvalue weighted by Crippen LogP contribution is 2.33. The van der Waals surface area contributed by atoms with Crippen molar-refractivity contribution in [3.05, 3.63) is 35.9 Å². The molecule has 16 nitrogen and oxygen atoms in total. The summed E-state index contributed by atoms with van der Waals surface area (Å²) in [5, 5.41) is 85.9. The van der Waals surface area contributed by atoms with Gasteiger partial charge in [0, 0.05) is 6.92 Å². The molecule has 9 N–H and O–H groups in total. The van der Waals surface area contributed by atoms with E-state index in [4.69, 9.17) is 28.4 Å². The molecule has 15 atom stereocenters. The van der Waals surface area contributed by atoms with E-state index >= 15 is 0 Å². The zero-order valence-corrected chi connectivity index (χ0v) is 23.6. The summed E-state index contributed by atoms with van der Waals surface area (Å²) in [7, 11) is 0. The van der Waals surface area contributed by atoms with Crippen LogP contribution in [0.1, 0.15) is 19.4 Å². The second kappa shape index (κ2) is 14.9. The van der Waals surface area contributed by atoms with Crippen LogP contribution in [-0.2, 0) is 39.8 Å². The average Bonchev–Trinajstić information content (AvgIpc) is 2.99. The van der Waals surface area contributed by atoms with Gasteiger partial charge in [-0.15, -0.1) is 0 Å². The molecule has 1 aromatic rings. The van der Waals surface area contributed by atoms with E-state index in [1.54, 1.807) is 24.3 Å². The summed E-state index contributed by atoms with van der Waals surface area (Å²) in [6.07, 6.45) is -21.3. The number of aliphatic hydroxyl groups excluding tert-OH is 8. The minimum Gasteiger partial charge on any atom is -0.394 e. The number of rotatable bonds is 10. The lowest BCUT2D eigenvalue weighted by molar-refractivity contribution is -0.383. The maximum Gasteiger partial charge on any atom is 0.217 e. The number of nitrogens with one attached hydrogen (secondary N) is 1. The van der Waals surface area contributed by atoms with Gasteiger partial charge in [0.2, 0.25) is 5.91 Å². The molecule has 0 aliphatic carbocycles. The molecule has 1 aromatic carbocycles. The molecule has 0 spiro atoms. The van der Waals surface area contributed by atoms with E-state index in [0.717, 1.165) is 5.56 Å². The summed E-state index contributed by atoms with van der Waals surface area (Å²) >= 11 is 0. The first-order valence-electron chi connectivity index (χ1n) is 14.0. The fourth-order valence-corrected chi connectivity index (χ4v) is 5.26. The maximum absolute atomic E-state index is 12.0. The van der Waals surface area contributed by atoms with Gasteiger partial charge in [0.15, 0.2) is 18.9 Å². The zero-order chi connectivity index (χ0) is 31.4. The first-order chi connectivity index (χ1) is 20.5. The Labute approximate surface area is 247 Å². The van der Waals surface area contributed by atoms with Gasteiger partial charge >= 0.3 is 0 Å². The highest BCUT2D eigenvalue weighted by molar-refractivity contribution is 5.73. The fraction of sp³-hybridized carbons (Fsp3) is 0.741. The Morgan fingerprint density at radius 2 is 1.37 bits per heavy atom. The summed E-state index contributed by atoms with van der Waals surface area (Å²) in [5.41, 5.74) is 0.776. The van der Waals surface area contributed by atoms with Crippen LogP contribution in [0.4, 0.5) is 0 Å². The van der Waals surface area contributed by atoms with E-state index in [1.807, 2.05) is 6.07 Å². The Bertz CT molecular complexity index is 1020. The van der Waals surface area contributed by atoms with Crippen LogP contribution >= 0.6 is 0 Å². The highest BCUT2D eigenvalue weighted by Gasteiger charge is 2.54. The monoisotopic (exact) mass is 619 g/mol. The van der Waals surface area contributed by atoms with Crippen LogP contribution in [0, 0.1) is 0 Å². The largest absolute Gasteiger partial charge is 0.394 e. The molecule has 0 aromatic heterocycles. The Morgan fingerprint density at radius 1 is 0.744 bits per heavy atom. The fourth-order valence-electron chi connectivity index (χ4n) is 5.26. The molecule has 3 aliphatic rings. The average molecular weight is 620 g/mol. The quantitative estimate of drug-likeness (QED) is 0.121. The lowest BCUT2D eigenvalue weighted by Crippen LogP contribution is -2.68. The third-order valence-corrected chi connectivity index (χ3v) is 7.70. The summed E-state index contributed by atoms with van der Waals surface area (Å²) < 4.78 is 34.5. The van der Waals surface area contributed by atoms with Gasteiger partial charge in [0.05, 0.1) is 25.9 Å². The predicted octanol–water partition coefficient (Wildman–Crippen LogP) is -4.18. The normalized spacial score (nSPS) is 43.7. The molecule has 43 heavy (non-hydrogen) atoms. The van der Waals surface area contributed by atoms with Gasteiger partial charge in [-0.1, -0.05) is 30.3 Å². The van der Waals surface area contributed by atoms with Gasteiger partial charge in [-0.05, 0) is 12.5 Å². The maximum atomic E-state index is 12.0. The highest BCUT2D eigenvalue weighted by atomic mass is 16.8. The molecule has 3 fully saturated rings. The third kappa shape index (κ3) is 7.69. The third-order valence-electron chi connectivity index (χ3n) is 7.70. The van der Waals surface area contributed by atoms with Crippen molar-refractivity contribution < 1.29 is 74.1 Å². The van der Waals surface area contributed by atoms with Gasteiger partial charge in [-0.3, -0.25) is 4.79 Å². The standard InChI is InChI=1S/C27H41NO15/c1-11-17(32)20(35)22(37)26(39-11)43-24-21(36)18(33)14(8-29)40-27(24)42-23-15(9-30)41-25(16(19(23)34)28-12(2)31)38-10-13-6-4-3-5-7-13/h3-7,11,14-27,29-30,32-37H,8-10H2,1-2H3,(H,28,31)/t11-,14+,15+,16+,17+,18-,19+,20+,21-,22-,23+,24+,25+,26-,27-/m0/s1. The number of benzene rings is 1. The van der Waals surface area contributed by atoms with E-state index < -0.39 is 111 Å². The molecule has 0 bridgehead atoms. The van der Waals surface area contributed by atoms with Crippen LogP contribution in [0.25, 0.3) is 0 Å². The Kier molecular flexibility index (Phi) is 11.8. The summed E-state index contributed by atoms with van der Waals surface area (Å²) in [6, 6.07) is 7.82. The first kappa shape index (κ1) is 34.0. The molecule has 0 unspecified atom stereocenters. The summed E-state index contributed by atoms with van der Waals surface area (Å²) in [6.45, 7) is 1.22. The lowest BCUT2D eigenvalue weighted by Gasteiger charge is -2.49. The molecule has 1 amide bonds. The number of aliphatic hydroxyl groups is 8. The molecular formula is C27H41NO15. The van der Waals surface area contributed by atoms with Gasteiger partial charge in [-0.2, -0.15) is 0 Å². The smallest absolute Gasteiger partial charge is 0.217 e. The van der Waals surface area contributed by atoms with Crippen molar-refractivity contribution in [3.63, 3.8) is 0 Å². The molecule has 16 heteroatoms. The summed E-state index contributed by atoms with van der Waals surface area (Å²) in [4.78, 5) is 12.0. The van der Waals surface area contributed by atoms with Crippen LogP contribution < -0.4 is 5.32 Å².